The molecule has 0 spiro atoms. The molecule has 1 atom stereocenters. The number of likely N-dealkylation sites (N-methyl/N-ethyl adjacent to an activating group) is 1. The Bertz CT molecular complexity index is 487. The van der Waals surface area contributed by atoms with Crippen LogP contribution in [0.15, 0.2) is 6.20 Å². The Morgan fingerprint density at radius 2 is 2.35 bits per heavy atom. The van der Waals surface area contributed by atoms with Crippen molar-refractivity contribution in [2.75, 3.05) is 19.6 Å². The summed E-state index contributed by atoms with van der Waals surface area (Å²) in [6.45, 7) is 4.45. The summed E-state index contributed by atoms with van der Waals surface area (Å²) in [5, 5.41) is 18.7. The van der Waals surface area contributed by atoms with Gasteiger partial charge in [-0.15, -0.1) is 5.10 Å². The van der Waals surface area contributed by atoms with Gasteiger partial charge in [-0.1, -0.05) is 12.1 Å². The van der Waals surface area contributed by atoms with Crippen LogP contribution in [0.2, 0.25) is 0 Å². The van der Waals surface area contributed by atoms with Crippen molar-refractivity contribution in [2.45, 2.75) is 32.4 Å². The first-order valence-electron chi connectivity index (χ1n) is 6.74. The maximum atomic E-state index is 11.9. The second-order valence-electron chi connectivity index (χ2n) is 4.83. The van der Waals surface area contributed by atoms with Crippen molar-refractivity contribution in [1.82, 2.24) is 25.2 Å². The molecule has 2 rings (SSSR count). The molecule has 1 amide bonds. The number of hydrogen-bond acceptors (Lipinski definition) is 5. The molecule has 1 aliphatic rings. The molecular weight excluding hydrogens is 262 g/mol. The Labute approximate surface area is 116 Å². The topological polar surface area (TPSA) is 100 Å². The van der Waals surface area contributed by atoms with E-state index in [1.165, 1.54) is 6.20 Å². The zero-order valence-corrected chi connectivity index (χ0v) is 11.4. The van der Waals surface area contributed by atoms with Crippen molar-refractivity contribution in [3.63, 3.8) is 0 Å². The second kappa shape index (κ2) is 6.47. The number of carboxylic acid groups (broad SMARTS) is 1. The Morgan fingerprint density at radius 1 is 1.55 bits per heavy atom. The van der Waals surface area contributed by atoms with E-state index in [0.717, 1.165) is 30.6 Å². The molecule has 1 aliphatic heterocycles. The maximum absolute atomic E-state index is 11.9. The summed E-state index contributed by atoms with van der Waals surface area (Å²) < 4.78 is 1.13. The van der Waals surface area contributed by atoms with E-state index in [1.807, 2.05) is 0 Å². The van der Waals surface area contributed by atoms with Gasteiger partial charge in [0, 0.05) is 12.6 Å². The number of aromatic nitrogens is 3. The van der Waals surface area contributed by atoms with Gasteiger partial charge in [-0.3, -0.25) is 14.5 Å². The van der Waals surface area contributed by atoms with Gasteiger partial charge in [0.2, 0.25) is 0 Å². The van der Waals surface area contributed by atoms with Crippen LogP contribution in [0.1, 0.15) is 30.3 Å². The van der Waals surface area contributed by atoms with E-state index in [4.69, 9.17) is 5.11 Å². The molecule has 1 saturated heterocycles. The number of aliphatic carboxylic acids is 1. The molecular formula is C12H19N5O3. The van der Waals surface area contributed by atoms with Crippen LogP contribution in [0.4, 0.5) is 0 Å². The first-order valence-corrected chi connectivity index (χ1v) is 6.74. The van der Waals surface area contributed by atoms with Crippen LogP contribution < -0.4 is 5.32 Å². The van der Waals surface area contributed by atoms with Crippen LogP contribution in [0, 0.1) is 0 Å². The van der Waals surface area contributed by atoms with Crippen LogP contribution in [0.25, 0.3) is 0 Å². The van der Waals surface area contributed by atoms with E-state index in [1.54, 1.807) is 0 Å². The molecule has 8 nitrogen and oxygen atoms in total. The zero-order chi connectivity index (χ0) is 14.5. The Balaban J connectivity index is 1.85. The number of rotatable bonds is 6. The SMILES string of the molecule is CCN1CCCC1CNC(=O)c1cn(CC(=O)O)nn1. The molecule has 0 saturated carbocycles. The van der Waals surface area contributed by atoms with E-state index < -0.39 is 5.97 Å². The summed E-state index contributed by atoms with van der Waals surface area (Å²) in [7, 11) is 0. The standard InChI is InChI=1S/C12H19N5O3/c1-2-16-5-3-4-9(16)6-13-12(20)10-7-17(15-14-10)8-11(18)19/h7,9H,2-6,8H2,1H3,(H,13,20)(H,18,19). The highest BCUT2D eigenvalue weighted by atomic mass is 16.4. The smallest absolute Gasteiger partial charge is 0.325 e. The van der Waals surface area contributed by atoms with Crippen LogP contribution in [-0.2, 0) is 11.3 Å². The number of carbonyl (C=O) groups excluding carboxylic acids is 1. The maximum Gasteiger partial charge on any atom is 0.325 e. The summed E-state index contributed by atoms with van der Waals surface area (Å²) in [5.74, 6) is -1.34. The number of likely N-dealkylation sites (tertiary alicyclic amines) is 1. The molecule has 0 radical (unpaired) electrons. The van der Waals surface area contributed by atoms with Crippen LogP contribution in [0.3, 0.4) is 0 Å². The summed E-state index contributed by atoms with van der Waals surface area (Å²) in [6.07, 6.45) is 3.58. The molecule has 2 heterocycles. The van der Waals surface area contributed by atoms with Gasteiger partial charge in [0.05, 0.1) is 6.20 Å². The quantitative estimate of drug-likeness (QED) is 0.734. The van der Waals surface area contributed by atoms with Crippen molar-refractivity contribution in [2.24, 2.45) is 0 Å². The third-order valence-corrected chi connectivity index (χ3v) is 3.47. The highest BCUT2D eigenvalue weighted by Crippen LogP contribution is 2.15. The fourth-order valence-corrected chi connectivity index (χ4v) is 2.46. The predicted octanol–water partition coefficient (Wildman–Crippen LogP) is -0.423. The summed E-state index contributed by atoms with van der Waals surface area (Å²) in [4.78, 5) is 24.8. The first kappa shape index (κ1) is 14.4. The number of carboxylic acids is 1. The first-order chi connectivity index (χ1) is 9.60. The van der Waals surface area contributed by atoms with Crippen molar-refractivity contribution < 1.29 is 14.7 Å². The number of hydrogen-bond donors (Lipinski definition) is 2. The third kappa shape index (κ3) is 3.53. The van der Waals surface area contributed by atoms with Gasteiger partial charge in [-0.2, -0.15) is 0 Å². The fourth-order valence-electron chi connectivity index (χ4n) is 2.46. The normalized spacial score (nSPS) is 19.1. The molecule has 1 aromatic rings. The minimum Gasteiger partial charge on any atom is -0.480 e. The summed E-state index contributed by atoms with van der Waals surface area (Å²) in [5.41, 5.74) is 0.146. The van der Waals surface area contributed by atoms with E-state index in [0.29, 0.717) is 12.6 Å². The van der Waals surface area contributed by atoms with Crippen LogP contribution in [-0.4, -0.2) is 62.6 Å². The molecule has 110 valence electrons. The molecule has 8 heteroatoms. The number of nitrogens with one attached hydrogen (secondary N) is 1. The largest absolute Gasteiger partial charge is 0.480 e. The highest BCUT2D eigenvalue weighted by molar-refractivity contribution is 5.91. The highest BCUT2D eigenvalue weighted by Gasteiger charge is 2.23. The van der Waals surface area contributed by atoms with Gasteiger partial charge in [0.15, 0.2) is 5.69 Å². The Morgan fingerprint density at radius 3 is 3.05 bits per heavy atom. The lowest BCUT2D eigenvalue weighted by molar-refractivity contribution is -0.137. The second-order valence-corrected chi connectivity index (χ2v) is 4.83. The Kier molecular flexibility index (Phi) is 4.67. The van der Waals surface area contributed by atoms with Gasteiger partial charge in [0.25, 0.3) is 5.91 Å². The van der Waals surface area contributed by atoms with Crippen molar-refractivity contribution in [3.8, 4) is 0 Å². The van der Waals surface area contributed by atoms with Gasteiger partial charge in [0.1, 0.15) is 6.54 Å². The van der Waals surface area contributed by atoms with Crippen molar-refractivity contribution in [3.05, 3.63) is 11.9 Å². The average molecular weight is 281 g/mol. The molecule has 0 aromatic carbocycles. The van der Waals surface area contributed by atoms with Gasteiger partial charge in [-0.05, 0) is 25.9 Å². The van der Waals surface area contributed by atoms with E-state index >= 15 is 0 Å². The van der Waals surface area contributed by atoms with E-state index in [2.05, 4.69) is 27.5 Å². The molecule has 2 N–H and O–H groups in total. The van der Waals surface area contributed by atoms with E-state index in [9.17, 15) is 9.59 Å². The number of nitrogens with zero attached hydrogens (tertiary/aromatic N) is 4. The molecule has 1 unspecified atom stereocenters. The van der Waals surface area contributed by atoms with E-state index in [-0.39, 0.29) is 18.1 Å². The lowest BCUT2D eigenvalue weighted by atomic mass is 10.2. The van der Waals surface area contributed by atoms with Gasteiger partial charge < -0.3 is 10.4 Å². The average Bonchev–Trinajstić information content (AvgIpc) is 3.03. The van der Waals surface area contributed by atoms with Gasteiger partial charge >= 0.3 is 5.97 Å². The fraction of sp³-hybridized carbons (Fsp3) is 0.667. The molecule has 0 bridgehead atoms. The van der Waals surface area contributed by atoms with Crippen molar-refractivity contribution in [1.29, 1.82) is 0 Å². The minimum atomic E-state index is -1.02. The molecule has 0 aliphatic carbocycles. The molecule has 1 fully saturated rings. The lowest BCUT2D eigenvalue weighted by Crippen LogP contribution is -2.40. The van der Waals surface area contributed by atoms with Crippen molar-refractivity contribution >= 4 is 11.9 Å². The summed E-state index contributed by atoms with van der Waals surface area (Å²) >= 11 is 0. The predicted molar refractivity (Wildman–Crippen MR) is 70.3 cm³/mol. The summed E-state index contributed by atoms with van der Waals surface area (Å²) in [6, 6.07) is 0.373. The third-order valence-electron chi connectivity index (χ3n) is 3.47. The molecule has 1 aromatic heterocycles. The number of amides is 1. The van der Waals surface area contributed by atoms with Crippen LogP contribution in [0.5, 0.6) is 0 Å². The lowest BCUT2D eigenvalue weighted by Gasteiger charge is -2.22. The van der Waals surface area contributed by atoms with Crippen LogP contribution >= 0.6 is 0 Å². The Hall–Kier alpha value is -1.96. The minimum absolute atomic E-state index is 0.146. The number of carbonyl (C=O) groups is 2. The van der Waals surface area contributed by atoms with Gasteiger partial charge in [-0.25, -0.2) is 4.68 Å². The zero-order valence-electron chi connectivity index (χ0n) is 11.4. The molecule has 20 heavy (non-hydrogen) atoms. The monoisotopic (exact) mass is 281 g/mol.